The molecule has 0 amide bonds. The Labute approximate surface area is 128 Å². The van der Waals surface area contributed by atoms with Crippen LogP contribution < -0.4 is 5.32 Å². The van der Waals surface area contributed by atoms with E-state index in [2.05, 4.69) is 15.5 Å². The highest BCUT2D eigenvalue weighted by molar-refractivity contribution is 7.90. The average Bonchev–Trinajstić information content (AvgIpc) is 2.96. The molecule has 0 radical (unpaired) electrons. The second-order valence-electron chi connectivity index (χ2n) is 5.02. The van der Waals surface area contributed by atoms with E-state index in [1.54, 1.807) is 12.1 Å². The van der Waals surface area contributed by atoms with Gasteiger partial charge in [0.15, 0.2) is 9.84 Å². The lowest BCUT2D eigenvalue weighted by Gasteiger charge is -2.07. The third kappa shape index (κ3) is 3.25. The normalized spacial score (nSPS) is 17.6. The topological polar surface area (TPSA) is 85.1 Å². The molecule has 1 unspecified atom stereocenters. The number of nitrogens with one attached hydrogen (secondary N) is 1. The van der Waals surface area contributed by atoms with Gasteiger partial charge in [0.05, 0.1) is 10.8 Å². The first-order valence-electron chi connectivity index (χ1n) is 6.76. The van der Waals surface area contributed by atoms with Gasteiger partial charge in [-0.05, 0) is 30.7 Å². The predicted molar refractivity (Wildman–Crippen MR) is 82.8 cm³/mol. The van der Waals surface area contributed by atoms with Crippen LogP contribution in [-0.4, -0.2) is 24.9 Å². The SMILES string of the molecule is CS(=O)(=O)c1ccc(Nc2nnc(C3C=CC=CC3)o2)cc1. The van der Waals surface area contributed by atoms with Crippen molar-refractivity contribution in [2.45, 2.75) is 17.2 Å². The van der Waals surface area contributed by atoms with E-state index in [1.165, 1.54) is 18.4 Å². The molecule has 7 heteroatoms. The molecule has 114 valence electrons. The highest BCUT2D eigenvalue weighted by atomic mass is 32.2. The van der Waals surface area contributed by atoms with Crippen LogP contribution in [0.2, 0.25) is 0 Å². The molecule has 0 saturated heterocycles. The van der Waals surface area contributed by atoms with E-state index in [9.17, 15) is 8.42 Å². The molecular formula is C15H15N3O3S. The van der Waals surface area contributed by atoms with E-state index in [0.717, 1.165) is 6.42 Å². The van der Waals surface area contributed by atoms with E-state index < -0.39 is 9.84 Å². The Balaban J connectivity index is 1.72. The fourth-order valence-corrected chi connectivity index (χ4v) is 2.74. The van der Waals surface area contributed by atoms with Crippen molar-refractivity contribution in [2.24, 2.45) is 0 Å². The summed E-state index contributed by atoms with van der Waals surface area (Å²) in [5, 5.41) is 11.0. The zero-order chi connectivity index (χ0) is 15.6. The van der Waals surface area contributed by atoms with Crippen LogP contribution in [0.4, 0.5) is 11.7 Å². The van der Waals surface area contributed by atoms with E-state index in [-0.39, 0.29) is 16.8 Å². The Kier molecular flexibility index (Phi) is 3.81. The first-order valence-corrected chi connectivity index (χ1v) is 8.65. The first kappa shape index (κ1) is 14.5. The zero-order valence-corrected chi connectivity index (χ0v) is 12.7. The summed E-state index contributed by atoms with van der Waals surface area (Å²) >= 11 is 0. The largest absolute Gasteiger partial charge is 0.407 e. The number of sulfone groups is 1. The molecular weight excluding hydrogens is 302 g/mol. The van der Waals surface area contributed by atoms with Gasteiger partial charge in [-0.1, -0.05) is 29.4 Å². The van der Waals surface area contributed by atoms with Crippen molar-refractivity contribution in [2.75, 3.05) is 11.6 Å². The molecule has 0 fully saturated rings. The molecule has 1 aromatic carbocycles. The van der Waals surface area contributed by atoms with E-state index in [4.69, 9.17) is 4.42 Å². The van der Waals surface area contributed by atoms with Gasteiger partial charge in [-0.15, -0.1) is 5.10 Å². The van der Waals surface area contributed by atoms with Crippen LogP contribution in [0.1, 0.15) is 18.2 Å². The fraction of sp³-hybridized carbons (Fsp3) is 0.200. The molecule has 0 bridgehead atoms. The third-order valence-electron chi connectivity index (χ3n) is 3.27. The number of benzene rings is 1. The lowest BCUT2D eigenvalue weighted by Crippen LogP contribution is -1.97. The van der Waals surface area contributed by atoms with Crippen LogP contribution >= 0.6 is 0 Å². The molecule has 1 aliphatic rings. The molecule has 1 aliphatic carbocycles. The Morgan fingerprint density at radius 3 is 2.59 bits per heavy atom. The lowest BCUT2D eigenvalue weighted by molar-refractivity contribution is 0.486. The molecule has 6 nitrogen and oxygen atoms in total. The van der Waals surface area contributed by atoms with Gasteiger partial charge < -0.3 is 9.73 Å². The van der Waals surface area contributed by atoms with Crippen molar-refractivity contribution in [1.29, 1.82) is 0 Å². The quantitative estimate of drug-likeness (QED) is 0.933. The van der Waals surface area contributed by atoms with Crippen molar-refractivity contribution in [1.82, 2.24) is 10.2 Å². The number of aromatic nitrogens is 2. The van der Waals surface area contributed by atoms with Crippen molar-refractivity contribution in [3.63, 3.8) is 0 Å². The molecule has 2 aromatic rings. The van der Waals surface area contributed by atoms with Crippen LogP contribution in [-0.2, 0) is 9.84 Å². The van der Waals surface area contributed by atoms with Gasteiger partial charge >= 0.3 is 6.01 Å². The van der Waals surface area contributed by atoms with E-state index >= 15 is 0 Å². The molecule has 22 heavy (non-hydrogen) atoms. The first-order chi connectivity index (χ1) is 10.5. The van der Waals surface area contributed by atoms with Crippen LogP contribution in [0.3, 0.4) is 0 Å². The maximum Gasteiger partial charge on any atom is 0.320 e. The van der Waals surface area contributed by atoms with Gasteiger partial charge in [-0.2, -0.15) is 0 Å². The number of nitrogens with zero attached hydrogens (tertiary/aromatic N) is 2. The average molecular weight is 317 g/mol. The minimum atomic E-state index is -3.20. The molecule has 0 aliphatic heterocycles. The second-order valence-corrected chi connectivity index (χ2v) is 7.04. The summed E-state index contributed by atoms with van der Waals surface area (Å²) in [7, 11) is -3.20. The molecule has 0 spiro atoms. The fourth-order valence-electron chi connectivity index (χ4n) is 2.11. The molecule has 1 atom stereocenters. The van der Waals surface area contributed by atoms with E-state index in [1.807, 2.05) is 24.3 Å². The predicted octanol–water partition coefficient (Wildman–Crippen LogP) is 2.82. The smallest absolute Gasteiger partial charge is 0.320 e. The van der Waals surface area contributed by atoms with Gasteiger partial charge in [0.25, 0.3) is 0 Å². The van der Waals surface area contributed by atoms with Gasteiger partial charge in [0.2, 0.25) is 5.89 Å². The number of anilines is 2. The number of hydrogen-bond acceptors (Lipinski definition) is 6. The van der Waals surface area contributed by atoms with Crippen molar-refractivity contribution < 1.29 is 12.8 Å². The highest BCUT2D eigenvalue weighted by Crippen LogP contribution is 2.25. The Morgan fingerprint density at radius 2 is 1.95 bits per heavy atom. The minimum absolute atomic E-state index is 0.0978. The van der Waals surface area contributed by atoms with Crippen molar-refractivity contribution >= 4 is 21.5 Å². The number of rotatable bonds is 4. The highest BCUT2D eigenvalue weighted by Gasteiger charge is 2.16. The molecule has 0 saturated carbocycles. The minimum Gasteiger partial charge on any atom is -0.407 e. The zero-order valence-electron chi connectivity index (χ0n) is 11.9. The van der Waals surface area contributed by atoms with Gasteiger partial charge in [0, 0.05) is 11.9 Å². The Hall–Kier alpha value is -2.41. The third-order valence-corrected chi connectivity index (χ3v) is 4.40. The monoisotopic (exact) mass is 317 g/mol. The van der Waals surface area contributed by atoms with Crippen molar-refractivity contribution in [3.05, 3.63) is 54.5 Å². The Bertz CT molecular complexity index is 820. The standard InChI is InChI=1S/C15H15N3O3S/c1-22(19,20)13-9-7-12(8-10-13)16-15-18-17-14(21-15)11-5-3-2-4-6-11/h2-5,7-11H,6H2,1H3,(H,16,18). The van der Waals surface area contributed by atoms with Gasteiger partial charge in [-0.25, -0.2) is 8.42 Å². The summed E-state index contributed by atoms with van der Waals surface area (Å²) in [6.07, 6.45) is 10.0. The molecule has 1 heterocycles. The van der Waals surface area contributed by atoms with Crippen LogP contribution in [0.15, 0.2) is 57.9 Å². The molecule has 1 aromatic heterocycles. The number of hydrogen-bond donors (Lipinski definition) is 1. The number of allylic oxidation sites excluding steroid dienone is 4. The van der Waals surface area contributed by atoms with Gasteiger partial charge in [0.1, 0.15) is 0 Å². The molecule has 1 N–H and O–H groups in total. The maximum atomic E-state index is 11.4. The lowest BCUT2D eigenvalue weighted by atomic mass is 10.0. The summed E-state index contributed by atoms with van der Waals surface area (Å²) in [5.74, 6) is 0.650. The van der Waals surface area contributed by atoms with Crippen LogP contribution in [0.25, 0.3) is 0 Å². The summed E-state index contributed by atoms with van der Waals surface area (Å²) < 4.78 is 28.4. The molecule has 3 rings (SSSR count). The van der Waals surface area contributed by atoms with Crippen LogP contribution in [0, 0.1) is 0 Å². The van der Waals surface area contributed by atoms with Crippen molar-refractivity contribution in [3.8, 4) is 0 Å². The second kappa shape index (κ2) is 5.76. The Morgan fingerprint density at radius 1 is 1.18 bits per heavy atom. The maximum absolute atomic E-state index is 11.4. The van der Waals surface area contributed by atoms with Gasteiger partial charge in [-0.3, -0.25) is 0 Å². The summed E-state index contributed by atoms with van der Waals surface area (Å²) in [4.78, 5) is 0.267. The van der Waals surface area contributed by atoms with E-state index in [0.29, 0.717) is 11.6 Å². The summed E-state index contributed by atoms with van der Waals surface area (Å²) in [5.41, 5.74) is 0.682. The van der Waals surface area contributed by atoms with Crippen LogP contribution in [0.5, 0.6) is 0 Å². The summed E-state index contributed by atoms with van der Waals surface area (Å²) in [6.45, 7) is 0. The summed E-state index contributed by atoms with van der Waals surface area (Å²) in [6, 6.07) is 6.66.